The van der Waals surface area contributed by atoms with Crippen LogP contribution in [0.25, 0.3) is 77.3 Å². The average molecular weight is 654 g/mol. The Morgan fingerprint density at radius 3 is 1.63 bits per heavy atom. The van der Waals surface area contributed by atoms with Gasteiger partial charge < -0.3 is 13.7 Å². The predicted molar refractivity (Wildman–Crippen MR) is 212 cm³/mol. The third kappa shape index (κ3) is 4.98. The number of anilines is 3. The van der Waals surface area contributed by atoms with Crippen molar-refractivity contribution >= 4 is 60.9 Å². The molecule has 10 rings (SSSR count). The topological polar surface area (TPSA) is 29.5 Å². The van der Waals surface area contributed by atoms with Crippen LogP contribution in [0.4, 0.5) is 17.1 Å². The van der Waals surface area contributed by atoms with E-state index in [9.17, 15) is 0 Å². The lowest BCUT2D eigenvalue weighted by molar-refractivity contribution is 0.668. The summed E-state index contributed by atoms with van der Waals surface area (Å²) in [6.45, 7) is 0. The van der Waals surface area contributed by atoms with Crippen LogP contribution < -0.4 is 4.90 Å². The highest BCUT2D eigenvalue weighted by Crippen LogP contribution is 2.48. The Bertz CT molecular complexity index is 2850. The summed E-state index contributed by atoms with van der Waals surface area (Å²) in [5.41, 5.74) is 13.3. The normalized spacial score (nSPS) is 11.5. The van der Waals surface area contributed by atoms with Crippen molar-refractivity contribution in [3.8, 4) is 33.4 Å². The van der Waals surface area contributed by atoms with E-state index in [0.29, 0.717) is 0 Å². The second-order valence-electron chi connectivity index (χ2n) is 12.9. The molecule has 0 saturated carbocycles. The van der Waals surface area contributed by atoms with Crippen LogP contribution in [0, 0.1) is 0 Å². The molecule has 3 heteroatoms. The van der Waals surface area contributed by atoms with Crippen molar-refractivity contribution in [1.82, 2.24) is 0 Å². The van der Waals surface area contributed by atoms with Crippen LogP contribution in [-0.4, -0.2) is 0 Å². The van der Waals surface area contributed by atoms with Gasteiger partial charge >= 0.3 is 0 Å². The summed E-state index contributed by atoms with van der Waals surface area (Å²) in [6, 6.07) is 66.2. The van der Waals surface area contributed by atoms with E-state index in [4.69, 9.17) is 8.83 Å². The van der Waals surface area contributed by atoms with Gasteiger partial charge in [-0.1, -0.05) is 133 Å². The van der Waals surface area contributed by atoms with Crippen LogP contribution in [0.15, 0.2) is 197 Å². The first kappa shape index (κ1) is 29.1. The Morgan fingerprint density at radius 2 is 0.863 bits per heavy atom. The summed E-state index contributed by atoms with van der Waals surface area (Å²) in [7, 11) is 0. The lowest BCUT2D eigenvalue weighted by Gasteiger charge is -2.28. The number of furan rings is 2. The summed E-state index contributed by atoms with van der Waals surface area (Å²) < 4.78 is 13.0. The van der Waals surface area contributed by atoms with Gasteiger partial charge in [0.1, 0.15) is 16.7 Å². The summed E-state index contributed by atoms with van der Waals surface area (Å²) in [6.07, 6.45) is 0. The number of hydrogen-bond acceptors (Lipinski definition) is 3. The van der Waals surface area contributed by atoms with Crippen molar-refractivity contribution in [2.75, 3.05) is 4.90 Å². The monoisotopic (exact) mass is 653 g/mol. The molecule has 0 aliphatic carbocycles. The summed E-state index contributed by atoms with van der Waals surface area (Å²) in [5, 5.41) is 4.45. The van der Waals surface area contributed by atoms with E-state index in [1.165, 1.54) is 5.56 Å². The van der Waals surface area contributed by atoms with Gasteiger partial charge in [0.2, 0.25) is 0 Å². The standard InChI is InChI=1S/C48H31NO2/c1-3-12-32(13-4-1)35-16-11-17-38(30-35)49(37-25-22-33(23-26-37)36-24-27-42-40-18-7-9-20-44(40)50-46(42)31-36)47-39(34-14-5-2-6-15-34)28-29-43-41-19-8-10-21-45(41)51-48(43)47/h1-31H. The van der Waals surface area contributed by atoms with Gasteiger partial charge in [0, 0.05) is 38.5 Å². The maximum atomic E-state index is 6.79. The Balaban J connectivity index is 1.19. The van der Waals surface area contributed by atoms with Crippen LogP contribution in [0.2, 0.25) is 0 Å². The molecule has 2 aromatic heterocycles. The first-order valence-corrected chi connectivity index (χ1v) is 17.3. The lowest BCUT2D eigenvalue weighted by atomic mass is 9.98. The van der Waals surface area contributed by atoms with Gasteiger partial charge in [-0.15, -0.1) is 0 Å². The van der Waals surface area contributed by atoms with Crippen LogP contribution in [0.3, 0.4) is 0 Å². The van der Waals surface area contributed by atoms with Gasteiger partial charge in [0.05, 0.1) is 5.69 Å². The number of hydrogen-bond donors (Lipinski definition) is 0. The van der Waals surface area contributed by atoms with E-state index in [2.05, 4.69) is 175 Å². The minimum absolute atomic E-state index is 0.849. The van der Waals surface area contributed by atoms with Gasteiger partial charge in [-0.3, -0.25) is 0 Å². The first-order chi connectivity index (χ1) is 25.3. The number of rotatable bonds is 6. The van der Waals surface area contributed by atoms with Gasteiger partial charge in [0.15, 0.2) is 5.58 Å². The second kappa shape index (κ2) is 11.9. The van der Waals surface area contributed by atoms with E-state index in [-0.39, 0.29) is 0 Å². The fraction of sp³-hybridized carbons (Fsp3) is 0. The molecule has 3 nitrogen and oxygen atoms in total. The van der Waals surface area contributed by atoms with E-state index in [1.807, 2.05) is 18.2 Å². The van der Waals surface area contributed by atoms with Crippen LogP contribution in [0.1, 0.15) is 0 Å². The highest BCUT2D eigenvalue weighted by molar-refractivity contribution is 6.14. The highest BCUT2D eigenvalue weighted by Gasteiger charge is 2.24. The van der Waals surface area contributed by atoms with E-state index in [1.54, 1.807) is 0 Å². The summed E-state index contributed by atoms with van der Waals surface area (Å²) >= 11 is 0. The molecular weight excluding hydrogens is 623 g/mol. The SMILES string of the molecule is c1ccc(-c2cccc(N(c3ccc(-c4ccc5c(c4)oc4ccccc45)cc3)c3c(-c4ccccc4)ccc4c3oc3ccccc34)c2)cc1. The van der Waals surface area contributed by atoms with Crippen LogP contribution >= 0.6 is 0 Å². The van der Waals surface area contributed by atoms with Crippen LogP contribution in [0.5, 0.6) is 0 Å². The fourth-order valence-electron chi connectivity index (χ4n) is 7.42. The predicted octanol–water partition coefficient (Wildman–Crippen LogP) is 14.0. The van der Waals surface area contributed by atoms with Gasteiger partial charge in [-0.25, -0.2) is 0 Å². The Kier molecular flexibility index (Phi) is 6.81. The van der Waals surface area contributed by atoms with Crippen molar-refractivity contribution < 1.29 is 8.83 Å². The Morgan fingerprint density at radius 1 is 0.314 bits per heavy atom. The highest BCUT2D eigenvalue weighted by atomic mass is 16.3. The molecule has 0 unspecified atom stereocenters. The minimum atomic E-state index is 0.849. The van der Waals surface area contributed by atoms with Gasteiger partial charge in [-0.05, 0) is 82.4 Å². The molecule has 0 N–H and O–H groups in total. The molecule has 240 valence electrons. The zero-order valence-electron chi connectivity index (χ0n) is 27.7. The molecule has 2 heterocycles. The number of nitrogens with zero attached hydrogens (tertiary/aromatic N) is 1. The molecule has 0 aliphatic rings. The summed E-state index contributed by atoms with van der Waals surface area (Å²) in [4.78, 5) is 2.35. The molecular formula is C48H31NO2. The number of fused-ring (bicyclic) bond motifs is 6. The molecule has 0 amide bonds. The lowest BCUT2D eigenvalue weighted by Crippen LogP contribution is -2.12. The molecule has 8 aromatic carbocycles. The van der Waals surface area contributed by atoms with Gasteiger partial charge in [-0.2, -0.15) is 0 Å². The Hall–Kier alpha value is -6.84. The van der Waals surface area contributed by atoms with E-state index >= 15 is 0 Å². The zero-order chi connectivity index (χ0) is 33.7. The van der Waals surface area contributed by atoms with Crippen molar-refractivity contribution in [3.63, 3.8) is 0 Å². The average Bonchev–Trinajstić information content (AvgIpc) is 3.77. The van der Waals surface area contributed by atoms with Crippen molar-refractivity contribution in [2.24, 2.45) is 0 Å². The van der Waals surface area contributed by atoms with Crippen molar-refractivity contribution in [3.05, 3.63) is 188 Å². The smallest absolute Gasteiger partial charge is 0.160 e. The third-order valence-corrected chi connectivity index (χ3v) is 9.88. The Labute approximate surface area is 295 Å². The molecule has 0 saturated heterocycles. The van der Waals surface area contributed by atoms with Crippen LogP contribution in [-0.2, 0) is 0 Å². The molecule has 51 heavy (non-hydrogen) atoms. The molecule has 0 bridgehead atoms. The van der Waals surface area contributed by atoms with E-state index < -0.39 is 0 Å². The quantitative estimate of drug-likeness (QED) is 0.179. The number of para-hydroxylation sites is 2. The largest absolute Gasteiger partial charge is 0.456 e. The zero-order valence-corrected chi connectivity index (χ0v) is 27.7. The molecule has 0 aliphatic heterocycles. The van der Waals surface area contributed by atoms with Crippen molar-refractivity contribution in [2.45, 2.75) is 0 Å². The first-order valence-electron chi connectivity index (χ1n) is 17.3. The van der Waals surface area contributed by atoms with E-state index in [0.717, 1.165) is 88.8 Å². The maximum absolute atomic E-state index is 6.79. The van der Waals surface area contributed by atoms with Gasteiger partial charge in [0.25, 0.3) is 0 Å². The maximum Gasteiger partial charge on any atom is 0.160 e. The molecule has 0 fully saturated rings. The molecule has 0 atom stereocenters. The second-order valence-corrected chi connectivity index (χ2v) is 12.9. The summed E-state index contributed by atoms with van der Waals surface area (Å²) in [5.74, 6) is 0. The molecule has 10 aromatic rings. The molecule has 0 radical (unpaired) electrons. The third-order valence-electron chi connectivity index (χ3n) is 9.88. The van der Waals surface area contributed by atoms with Crippen molar-refractivity contribution in [1.29, 1.82) is 0 Å². The number of benzene rings is 8. The minimum Gasteiger partial charge on any atom is -0.456 e. The molecule has 0 spiro atoms. The fourth-order valence-corrected chi connectivity index (χ4v) is 7.42.